The second-order valence-corrected chi connectivity index (χ2v) is 6.75. The van der Waals surface area contributed by atoms with Crippen LogP contribution in [0.4, 0.5) is 5.69 Å². The number of aromatic nitrogens is 1. The van der Waals surface area contributed by atoms with E-state index in [0.717, 1.165) is 41.0 Å². The molecule has 1 saturated carbocycles. The lowest BCUT2D eigenvalue weighted by Gasteiger charge is -2.28. The standard InChI is InChI=1S/C17H27N3S/c1-4-13-5-7-14(8-6-13)10-19-15-9-11(2)20-12(3)16(15)17(18)21/h9,13-14H,4-8,10H2,1-3H3,(H2,18,21)(H,19,20). The summed E-state index contributed by atoms with van der Waals surface area (Å²) in [5.74, 6) is 1.71. The maximum absolute atomic E-state index is 5.86. The number of hydrogen-bond donors (Lipinski definition) is 2. The lowest BCUT2D eigenvalue weighted by atomic mass is 9.81. The zero-order chi connectivity index (χ0) is 15.4. The Morgan fingerprint density at radius 2 is 1.90 bits per heavy atom. The second-order valence-electron chi connectivity index (χ2n) is 6.31. The van der Waals surface area contributed by atoms with Gasteiger partial charge < -0.3 is 11.1 Å². The van der Waals surface area contributed by atoms with Crippen LogP contribution in [0, 0.1) is 25.7 Å². The molecule has 1 aliphatic rings. The van der Waals surface area contributed by atoms with E-state index in [1.165, 1.54) is 32.1 Å². The first-order chi connectivity index (χ1) is 10.0. The van der Waals surface area contributed by atoms with Gasteiger partial charge in [0, 0.05) is 23.6 Å². The predicted molar refractivity (Wildman–Crippen MR) is 93.8 cm³/mol. The van der Waals surface area contributed by atoms with E-state index in [1.807, 2.05) is 13.8 Å². The van der Waals surface area contributed by atoms with Gasteiger partial charge in [-0.05, 0) is 44.6 Å². The lowest BCUT2D eigenvalue weighted by Crippen LogP contribution is -2.23. The number of thiocarbonyl (C=S) groups is 1. The van der Waals surface area contributed by atoms with Crippen LogP contribution < -0.4 is 11.1 Å². The van der Waals surface area contributed by atoms with Crippen LogP contribution in [0.3, 0.4) is 0 Å². The van der Waals surface area contributed by atoms with Crippen molar-refractivity contribution in [1.82, 2.24) is 4.98 Å². The molecule has 116 valence electrons. The molecule has 1 fully saturated rings. The first kappa shape index (κ1) is 16.2. The molecule has 21 heavy (non-hydrogen) atoms. The highest BCUT2D eigenvalue weighted by molar-refractivity contribution is 7.80. The number of nitrogens with one attached hydrogen (secondary N) is 1. The molecule has 0 aliphatic heterocycles. The van der Waals surface area contributed by atoms with Crippen LogP contribution in [-0.4, -0.2) is 16.5 Å². The van der Waals surface area contributed by atoms with Gasteiger partial charge in [-0.1, -0.05) is 38.4 Å². The van der Waals surface area contributed by atoms with Gasteiger partial charge in [-0.15, -0.1) is 0 Å². The zero-order valence-electron chi connectivity index (χ0n) is 13.4. The van der Waals surface area contributed by atoms with Crippen molar-refractivity contribution in [1.29, 1.82) is 0 Å². The molecule has 1 aliphatic carbocycles. The lowest BCUT2D eigenvalue weighted by molar-refractivity contribution is 0.278. The van der Waals surface area contributed by atoms with Crippen LogP contribution in [0.15, 0.2) is 6.07 Å². The average molecular weight is 305 g/mol. The van der Waals surface area contributed by atoms with Gasteiger partial charge in [-0.3, -0.25) is 4.98 Å². The highest BCUT2D eigenvalue weighted by atomic mass is 32.1. The highest BCUT2D eigenvalue weighted by Crippen LogP contribution is 2.31. The molecule has 0 saturated heterocycles. The Hall–Kier alpha value is -1.16. The average Bonchev–Trinajstić information content (AvgIpc) is 2.44. The molecular weight excluding hydrogens is 278 g/mol. The first-order valence-electron chi connectivity index (χ1n) is 8.03. The number of nitrogens with two attached hydrogens (primary N) is 1. The molecule has 2 rings (SSSR count). The van der Waals surface area contributed by atoms with Crippen molar-refractivity contribution in [3.8, 4) is 0 Å². The fourth-order valence-electron chi connectivity index (χ4n) is 3.38. The topological polar surface area (TPSA) is 50.9 Å². The van der Waals surface area contributed by atoms with Gasteiger partial charge in [0.15, 0.2) is 0 Å². The van der Waals surface area contributed by atoms with Gasteiger partial charge in [0.1, 0.15) is 4.99 Å². The fourth-order valence-corrected chi connectivity index (χ4v) is 3.63. The van der Waals surface area contributed by atoms with Crippen LogP contribution >= 0.6 is 12.2 Å². The van der Waals surface area contributed by atoms with Crippen molar-refractivity contribution >= 4 is 22.9 Å². The third-order valence-corrected chi connectivity index (χ3v) is 4.90. The molecular formula is C17H27N3S. The van der Waals surface area contributed by atoms with Gasteiger partial charge in [0.25, 0.3) is 0 Å². The quantitative estimate of drug-likeness (QED) is 0.808. The molecule has 0 amide bonds. The molecule has 3 nitrogen and oxygen atoms in total. The Bertz CT molecular complexity index is 505. The third kappa shape index (κ3) is 4.16. The summed E-state index contributed by atoms with van der Waals surface area (Å²) in [4.78, 5) is 4.89. The molecule has 0 unspecified atom stereocenters. The van der Waals surface area contributed by atoms with Gasteiger partial charge >= 0.3 is 0 Å². The molecule has 0 atom stereocenters. The molecule has 1 heterocycles. The Morgan fingerprint density at radius 1 is 1.29 bits per heavy atom. The molecule has 0 radical (unpaired) electrons. The minimum atomic E-state index is 0.428. The van der Waals surface area contributed by atoms with Crippen LogP contribution in [-0.2, 0) is 0 Å². The largest absolute Gasteiger partial charge is 0.389 e. The van der Waals surface area contributed by atoms with E-state index in [9.17, 15) is 0 Å². The number of pyridine rings is 1. The predicted octanol–water partition coefficient (Wildman–Crippen LogP) is 3.96. The maximum atomic E-state index is 5.86. The normalized spacial score (nSPS) is 22.0. The number of rotatable bonds is 5. The molecule has 3 N–H and O–H groups in total. The van der Waals surface area contributed by atoms with Crippen LogP contribution in [0.25, 0.3) is 0 Å². The van der Waals surface area contributed by atoms with Crippen LogP contribution in [0.2, 0.25) is 0 Å². The summed E-state index contributed by atoms with van der Waals surface area (Å²) in [5, 5.41) is 3.57. The van der Waals surface area contributed by atoms with Gasteiger partial charge in [0.2, 0.25) is 0 Å². The Morgan fingerprint density at radius 3 is 2.48 bits per heavy atom. The molecule has 1 aromatic rings. The van der Waals surface area contributed by atoms with Crippen molar-refractivity contribution in [2.75, 3.05) is 11.9 Å². The summed E-state index contributed by atoms with van der Waals surface area (Å²) in [5.41, 5.74) is 9.73. The first-order valence-corrected chi connectivity index (χ1v) is 8.44. The Balaban J connectivity index is 2.02. The van der Waals surface area contributed by atoms with Crippen molar-refractivity contribution in [2.45, 2.75) is 52.9 Å². The van der Waals surface area contributed by atoms with Gasteiger partial charge in [0.05, 0.1) is 5.56 Å². The molecule has 1 aromatic heterocycles. The molecule has 0 bridgehead atoms. The molecule has 0 aromatic carbocycles. The minimum Gasteiger partial charge on any atom is -0.389 e. The SMILES string of the molecule is CCC1CCC(CNc2cc(C)nc(C)c2C(N)=S)CC1. The third-order valence-electron chi connectivity index (χ3n) is 4.70. The van der Waals surface area contributed by atoms with E-state index in [-0.39, 0.29) is 0 Å². The van der Waals surface area contributed by atoms with E-state index in [4.69, 9.17) is 18.0 Å². The highest BCUT2D eigenvalue weighted by Gasteiger charge is 2.20. The molecule has 0 spiro atoms. The number of aryl methyl sites for hydroxylation is 2. The number of nitrogens with zero attached hydrogens (tertiary/aromatic N) is 1. The van der Waals surface area contributed by atoms with Crippen molar-refractivity contribution in [2.24, 2.45) is 17.6 Å². The zero-order valence-corrected chi connectivity index (χ0v) is 14.2. The van der Waals surface area contributed by atoms with Gasteiger partial charge in [-0.2, -0.15) is 0 Å². The summed E-state index contributed by atoms with van der Waals surface area (Å²) in [6.07, 6.45) is 6.74. The number of hydrogen-bond acceptors (Lipinski definition) is 3. The smallest absolute Gasteiger partial charge is 0.107 e. The van der Waals surface area contributed by atoms with E-state index < -0.39 is 0 Å². The van der Waals surface area contributed by atoms with E-state index in [2.05, 4.69) is 23.3 Å². The second kappa shape index (κ2) is 7.21. The summed E-state index contributed by atoms with van der Waals surface area (Å²) in [6.45, 7) is 7.29. The molecule has 4 heteroatoms. The minimum absolute atomic E-state index is 0.428. The summed E-state index contributed by atoms with van der Waals surface area (Å²) in [7, 11) is 0. The van der Waals surface area contributed by atoms with Crippen molar-refractivity contribution in [3.05, 3.63) is 23.0 Å². The summed E-state index contributed by atoms with van der Waals surface area (Å²) >= 11 is 5.18. The van der Waals surface area contributed by atoms with Crippen LogP contribution in [0.1, 0.15) is 56.0 Å². The monoisotopic (exact) mass is 305 g/mol. The maximum Gasteiger partial charge on any atom is 0.107 e. The van der Waals surface area contributed by atoms with Crippen molar-refractivity contribution < 1.29 is 0 Å². The summed E-state index contributed by atoms with van der Waals surface area (Å²) < 4.78 is 0. The van der Waals surface area contributed by atoms with Crippen LogP contribution in [0.5, 0.6) is 0 Å². The van der Waals surface area contributed by atoms with Gasteiger partial charge in [-0.25, -0.2) is 0 Å². The number of anilines is 1. The Kier molecular flexibility index (Phi) is 5.57. The van der Waals surface area contributed by atoms with E-state index >= 15 is 0 Å². The fraction of sp³-hybridized carbons (Fsp3) is 0.647. The summed E-state index contributed by atoms with van der Waals surface area (Å²) in [6, 6.07) is 2.05. The van der Waals surface area contributed by atoms with E-state index in [1.54, 1.807) is 0 Å². The van der Waals surface area contributed by atoms with Crippen molar-refractivity contribution in [3.63, 3.8) is 0 Å². The van der Waals surface area contributed by atoms with E-state index in [0.29, 0.717) is 4.99 Å². The Labute approximate surface area is 133 Å².